The molecule has 2 amide bonds. The predicted octanol–water partition coefficient (Wildman–Crippen LogP) is 3.60. The smallest absolute Gasteiger partial charge is 0.343 e. The Balaban J connectivity index is 1.56. The van der Waals surface area contributed by atoms with Gasteiger partial charge in [0.15, 0.2) is 5.82 Å². The Bertz CT molecular complexity index is 1140. The lowest BCUT2D eigenvalue weighted by Crippen LogP contribution is -2.31. The second kappa shape index (κ2) is 9.68. The van der Waals surface area contributed by atoms with E-state index < -0.39 is 11.9 Å². The van der Waals surface area contributed by atoms with Gasteiger partial charge in [-0.25, -0.2) is 9.48 Å². The molecule has 0 spiro atoms. The van der Waals surface area contributed by atoms with Crippen molar-refractivity contribution < 1.29 is 19.1 Å². The average molecular weight is 447 g/mol. The third-order valence-corrected chi connectivity index (χ3v) is 5.79. The van der Waals surface area contributed by atoms with Crippen LogP contribution >= 0.6 is 0 Å². The fraction of sp³-hybridized carbons (Fsp3) is 0.280. The molecule has 0 saturated carbocycles. The number of esters is 1. The Morgan fingerprint density at radius 3 is 2.45 bits per heavy atom. The first-order valence-corrected chi connectivity index (χ1v) is 11.0. The van der Waals surface area contributed by atoms with E-state index in [0.29, 0.717) is 12.2 Å². The Labute approximate surface area is 192 Å². The molecule has 1 aliphatic rings. The van der Waals surface area contributed by atoms with Crippen LogP contribution in [0.2, 0.25) is 0 Å². The molecule has 2 atom stereocenters. The van der Waals surface area contributed by atoms with Crippen LogP contribution in [0.5, 0.6) is 0 Å². The molecule has 0 radical (unpaired) electrons. The standard InChI is InChI=1S/C25H26N4O4/c1-3-33-25(32)21-15-26-29(20-12-8-5-9-13-20)23(21)27-24(31)19-14-22(30)28(16-19)17(2)18-10-6-4-7-11-18/h4-13,15,17,19H,3,14,16H2,1-2H3,(H,27,31). The van der Waals surface area contributed by atoms with E-state index in [0.717, 1.165) is 5.56 Å². The second-order valence-corrected chi connectivity index (χ2v) is 7.90. The second-order valence-electron chi connectivity index (χ2n) is 7.90. The van der Waals surface area contributed by atoms with E-state index in [1.807, 2.05) is 67.6 Å². The number of carbonyl (C=O) groups is 3. The number of likely N-dealkylation sites (tertiary alicyclic amines) is 1. The Hall–Kier alpha value is -3.94. The summed E-state index contributed by atoms with van der Waals surface area (Å²) in [5.41, 5.74) is 1.86. The third kappa shape index (κ3) is 4.64. The molecule has 2 unspecified atom stereocenters. The largest absolute Gasteiger partial charge is 0.462 e. The van der Waals surface area contributed by atoms with Crippen molar-refractivity contribution in [2.45, 2.75) is 26.3 Å². The molecule has 8 heteroatoms. The highest BCUT2D eigenvalue weighted by Crippen LogP contribution is 2.30. The zero-order valence-corrected chi connectivity index (χ0v) is 18.6. The first kappa shape index (κ1) is 22.3. The summed E-state index contributed by atoms with van der Waals surface area (Å²) >= 11 is 0. The van der Waals surface area contributed by atoms with Crippen molar-refractivity contribution >= 4 is 23.6 Å². The monoisotopic (exact) mass is 446 g/mol. The summed E-state index contributed by atoms with van der Waals surface area (Å²) in [5.74, 6) is -1.30. The maximum atomic E-state index is 13.2. The first-order valence-electron chi connectivity index (χ1n) is 11.0. The van der Waals surface area contributed by atoms with E-state index in [1.165, 1.54) is 10.9 Å². The molecule has 1 saturated heterocycles. The predicted molar refractivity (Wildman–Crippen MR) is 123 cm³/mol. The normalized spacial score (nSPS) is 16.5. The number of ether oxygens (including phenoxy) is 1. The van der Waals surface area contributed by atoms with Crippen molar-refractivity contribution in [3.8, 4) is 5.69 Å². The van der Waals surface area contributed by atoms with Gasteiger partial charge in [0.2, 0.25) is 11.8 Å². The summed E-state index contributed by atoms with van der Waals surface area (Å²) < 4.78 is 6.62. The van der Waals surface area contributed by atoms with Crippen LogP contribution in [0, 0.1) is 5.92 Å². The molecule has 170 valence electrons. The zero-order valence-electron chi connectivity index (χ0n) is 18.6. The molecule has 2 heterocycles. The van der Waals surface area contributed by atoms with Crippen LogP contribution in [0.1, 0.15) is 42.2 Å². The van der Waals surface area contributed by atoms with Crippen LogP contribution in [0.3, 0.4) is 0 Å². The number of benzene rings is 2. The molecule has 8 nitrogen and oxygen atoms in total. The lowest BCUT2D eigenvalue weighted by molar-refractivity contribution is -0.129. The van der Waals surface area contributed by atoms with Crippen molar-refractivity contribution in [2.24, 2.45) is 5.92 Å². The first-order chi connectivity index (χ1) is 16.0. The number of para-hydroxylation sites is 1. The summed E-state index contributed by atoms with van der Waals surface area (Å²) in [6.45, 7) is 4.17. The summed E-state index contributed by atoms with van der Waals surface area (Å²) in [7, 11) is 0. The lowest BCUT2D eigenvalue weighted by Gasteiger charge is -2.25. The number of nitrogens with one attached hydrogen (secondary N) is 1. The molecular formula is C25H26N4O4. The number of nitrogens with zero attached hydrogens (tertiary/aromatic N) is 3. The highest BCUT2D eigenvalue weighted by molar-refractivity contribution is 6.02. The van der Waals surface area contributed by atoms with Crippen LogP contribution in [0.4, 0.5) is 5.82 Å². The molecule has 2 aromatic carbocycles. The third-order valence-electron chi connectivity index (χ3n) is 5.79. The van der Waals surface area contributed by atoms with Crippen LogP contribution in [0.25, 0.3) is 5.69 Å². The molecule has 0 bridgehead atoms. The van der Waals surface area contributed by atoms with Crippen LogP contribution < -0.4 is 5.32 Å². The SMILES string of the molecule is CCOC(=O)c1cnn(-c2ccccc2)c1NC(=O)C1CC(=O)N(C(C)c2ccccc2)C1. The molecule has 4 rings (SSSR count). The Morgan fingerprint density at radius 1 is 1.12 bits per heavy atom. The van der Waals surface area contributed by atoms with E-state index in [-0.39, 0.29) is 42.3 Å². The van der Waals surface area contributed by atoms with Gasteiger partial charge in [0, 0.05) is 13.0 Å². The van der Waals surface area contributed by atoms with Crippen LogP contribution in [-0.2, 0) is 14.3 Å². The van der Waals surface area contributed by atoms with Gasteiger partial charge >= 0.3 is 5.97 Å². The minimum atomic E-state index is -0.572. The number of hydrogen-bond donors (Lipinski definition) is 1. The molecule has 1 N–H and O–H groups in total. The van der Waals surface area contributed by atoms with E-state index >= 15 is 0 Å². The van der Waals surface area contributed by atoms with E-state index in [2.05, 4.69) is 10.4 Å². The van der Waals surface area contributed by atoms with E-state index in [9.17, 15) is 14.4 Å². The van der Waals surface area contributed by atoms with Crippen LogP contribution in [0.15, 0.2) is 66.9 Å². The van der Waals surface area contributed by atoms with Crippen LogP contribution in [-0.4, -0.2) is 45.6 Å². The number of aromatic nitrogens is 2. The van der Waals surface area contributed by atoms with E-state index in [1.54, 1.807) is 11.8 Å². The minimum Gasteiger partial charge on any atom is -0.462 e. The number of hydrogen-bond acceptors (Lipinski definition) is 5. The lowest BCUT2D eigenvalue weighted by atomic mass is 10.1. The molecule has 1 aliphatic heterocycles. The maximum Gasteiger partial charge on any atom is 0.343 e. The molecule has 3 aromatic rings. The Morgan fingerprint density at radius 2 is 1.79 bits per heavy atom. The van der Waals surface area contributed by atoms with Gasteiger partial charge in [-0.05, 0) is 31.5 Å². The van der Waals surface area contributed by atoms with E-state index in [4.69, 9.17) is 4.74 Å². The molecule has 0 aliphatic carbocycles. The Kier molecular flexibility index (Phi) is 6.53. The van der Waals surface area contributed by atoms with Crippen molar-refractivity contribution in [2.75, 3.05) is 18.5 Å². The molecule has 1 aromatic heterocycles. The number of rotatable bonds is 7. The number of amides is 2. The number of carbonyl (C=O) groups excluding carboxylic acids is 3. The number of anilines is 1. The molecular weight excluding hydrogens is 420 g/mol. The molecule has 1 fully saturated rings. The van der Waals surface area contributed by atoms with Crippen molar-refractivity contribution in [1.29, 1.82) is 0 Å². The average Bonchev–Trinajstić information content (AvgIpc) is 3.43. The van der Waals surface area contributed by atoms with Gasteiger partial charge in [0.1, 0.15) is 5.56 Å². The van der Waals surface area contributed by atoms with Gasteiger partial charge in [-0.1, -0.05) is 48.5 Å². The van der Waals surface area contributed by atoms with Gasteiger partial charge < -0.3 is 15.0 Å². The summed E-state index contributed by atoms with van der Waals surface area (Å²) in [6.07, 6.45) is 1.49. The van der Waals surface area contributed by atoms with Gasteiger partial charge in [0.05, 0.1) is 30.5 Å². The summed E-state index contributed by atoms with van der Waals surface area (Å²) in [4.78, 5) is 40.1. The van der Waals surface area contributed by atoms with Crippen molar-refractivity contribution in [3.63, 3.8) is 0 Å². The minimum absolute atomic E-state index is 0.0753. The fourth-order valence-electron chi connectivity index (χ4n) is 4.00. The van der Waals surface area contributed by atoms with Gasteiger partial charge in [-0.15, -0.1) is 0 Å². The zero-order chi connectivity index (χ0) is 23.4. The topological polar surface area (TPSA) is 93.5 Å². The summed E-state index contributed by atoms with van der Waals surface area (Å²) in [6, 6.07) is 18.8. The van der Waals surface area contributed by atoms with Gasteiger partial charge in [-0.3, -0.25) is 9.59 Å². The fourth-order valence-corrected chi connectivity index (χ4v) is 4.00. The summed E-state index contributed by atoms with van der Waals surface area (Å²) in [5, 5.41) is 7.13. The van der Waals surface area contributed by atoms with Gasteiger partial charge in [-0.2, -0.15) is 5.10 Å². The molecule has 33 heavy (non-hydrogen) atoms. The van der Waals surface area contributed by atoms with Crippen molar-refractivity contribution in [3.05, 3.63) is 78.0 Å². The maximum absolute atomic E-state index is 13.2. The highest BCUT2D eigenvalue weighted by Gasteiger charge is 2.37. The van der Waals surface area contributed by atoms with Gasteiger partial charge in [0.25, 0.3) is 0 Å². The van der Waals surface area contributed by atoms with Crippen molar-refractivity contribution in [1.82, 2.24) is 14.7 Å². The quantitative estimate of drug-likeness (QED) is 0.560. The highest BCUT2D eigenvalue weighted by atomic mass is 16.5.